The van der Waals surface area contributed by atoms with E-state index in [1.807, 2.05) is 121 Å². The van der Waals surface area contributed by atoms with Crippen LogP contribution in [0, 0.1) is 11.8 Å². The van der Waals surface area contributed by atoms with Crippen LogP contribution in [0.2, 0.25) is 5.02 Å². The predicted octanol–water partition coefficient (Wildman–Crippen LogP) is 7.53. The van der Waals surface area contributed by atoms with Crippen LogP contribution >= 0.6 is 11.6 Å². The Labute approximate surface area is 260 Å². The van der Waals surface area contributed by atoms with Crippen LogP contribution in [-0.4, -0.2) is 17.6 Å². The number of benzene rings is 5. The minimum atomic E-state index is -1.43. The molecule has 2 fully saturated rings. The number of halogens is 1. The fourth-order valence-corrected chi connectivity index (χ4v) is 8.42. The van der Waals surface area contributed by atoms with Crippen LogP contribution in [0.4, 0.5) is 5.69 Å². The van der Waals surface area contributed by atoms with Gasteiger partial charge in [-0.2, -0.15) is 0 Å². The van der Waals surface area contributed by atoms with Crippen molar-refractivity contribution in [3.8, 4) is 0 Å². The highest BCUT2D eigenvalue weighted by molar-refractivity contribution is 6.41. The Kier molecular flexibility index (Phi) is 5.87. The first-order valence-electron chi connectivity index (χ1n) is 14.7. The first-order chi connectivity index (χ1) is 21.5. The highest BCUT2D eigenvalue weighted by Crippen LogP contribution is 2.74. The van der Waals surface area contributed by atoms with Crippen LogP contribution in [0.3, 0.4) is 0 Å². The Morgan fingerprint density at radius 2 is 0.841 bits per heavy atom. The SMILES string of the molecule is O=C1[C@@H]2[C@H](C(=O)N1c1ccccc1Cl)[C@@]1(c3ccccc3)C(=O)[C@@]2(c2ccccc2)C(c2ccccc2)=C1c1ccccc1. The third-order valence-electron chi connectivity index (χ3n) is 9.67. The number of fused-ring (bicyclic) bond motifs is 5. The predicted molar refractivity (Wildman–Crippen MR) is 172 cm³/mol. The summed E-state index contributed by atoms with van der Waals surface area (Å²) in [5.41, 5.74) is 2.09. The second kappa shape index (κ2) is 9.73. The molecule has 0 aromatic heterocycles. The number of imide groups is 1. The number of carbonyl (C=O) groups is 3. The summed E-state index contributed by atoms with van der Waals surface area (Å²) >= 11 is 6.64. The van der Waals surface area contributed by atoms with E-state index >= 15 is 4.79 Å². The molecule has 8 rings (SSSR count). The van der Waals surface area contributed by atoms with Crippen molar-refractivity contribution in [1.29, 1.82) is 0 Å². The summed E-state index contributed by atoms with van der Waals surface area (Å²) in [5, 5.41) is 0.301. The Morgan fingerprint density at radius 3 is 1.25 bits per heavy atom. The maximum atomic E-state index is 15.8. The lowest BCUT2D eigenvalue weighted by atomic mass is 9.59. The highest BCUT2D eigenvalue weighted by atomic mass is 35.5. The molecule has 0 unspecified atom stereocenters. The van der Waals surface area contributed by atoms with Crippen molar-refractivity contribution in [3.05, 3.63) is 173 Å². The van der Waals surface area contributed by atoms with E-state index in [-0.39, 0.29) is 5.78 Å². The summed E-state index contributed by atoms with van der Waals surface area (Å²) in [6.07, 6.45) is 0. The van der Waals surface area contributed by atoms with Gasteiger partial charge in [0.1, 0.15) is 0 Å². The van der Waals surface area contributed by atoms with Crippen molar-refractivity contribution in [1.82, 2.24) is 0 Å². The number of para-hydroxylation sites is 1. The summed E-state index contributed by atoms with van der Waals surface area (Å²) in [6, 6.07) is 45.6. The quantitative estimate of drug-likeness (QED) is 0.199. The van der Waals surface area contributed by atoms with Crippen molar-refractivity contribution < 1.29 is 14.4 Å². The van der Waals surface area contributed by atoms with Gasteiger partial charge in [-0.3, -0.25) is 14.4 Å². The fraction of sp³-hybridized carbons (Fsp3) is 0.103. The Bertz CT molecular complexity index is 1870. The molecule has 1 saturated carbocycles. The molecule has 2 aliphatic carbocycles. The van der Waals surface area contributed by atoms with Gasteiger partial charge in [0.15, 0.2) is 5.78 Å². The molecule has 0 spiro atoms. The number of rotatable bonds is 5. The van der Waals surface area contributed by atoms with Crippen molar-refractivity contribution in [3.63, 3.8) is 0 Å². The number of nitrogens with zero attached hydrogens (tertiary/aromatic N) is 1. The maximum Gasteiger partial charge on any atom is 0.239 e. The van der Waals surface area contributed by atoms with Crippen molar-refractivity contribution >= 4 is 46.0 Å². The fourth-order valence-electron chi connectivity index (χ4n) is 8.20. The third-order valence-corrected chi connectivity index (χ3v) is 9.99. The van der Waals surface area contributed by atoms with E-state index in [0.29, 0.717) is 21.8 Å². The zero-order valence-electron chi connectivity index (χ0n) is 23.6. The van der Waals surface area contributed by atoms with Crippen molar-refractivity contribution in [2.75, 3.05) is 4.90 Å². The second-order valence-electron chi connectivity index (χ2n) is 11.6. The molecule has 5 aromatic carbocycles. The van der Waals surface area contributed by atoms with Gasteiger partial charge in [-0.15, -0.1) is 0 Å². The molecule has 4 nitrogen and oxygen atoms in total. The number of hydrogen-bond acceptors (Lipinski definition) is 3. The summed E-state index contributed by atoms with van der Waals surface area (Å²) < 4.78 is 0. The first-order valence-corrected chi connectivity index (χ1v) is 15.1. The van der Waals surface area contributed by atoms with E-state index < -0.39 is 34.5 Å². The molecule has 1 aliphatic heterocycles. The van der Waals surface area contributed by atoms with Gasteiger partial charge in [0.2, 0.25) is 11.8 Å². The summed E-state index contributed by atoms with van der Waals surface area (Å²) in [6.45, 7) is 0. The van der Waals surface area contributed by atoms with Crippen LogP contribution in [0.25, 0.3) is 11.1 Å². The second-order valence-corrected chi connectivity index (χ2v) is 12.0. The molecule has 1 heterocycles. The Morgan fingerprint density at radius 1 is 0.477 bits per heavy atom. The summed E-state index contributed by atoms with van der Waals surface area (Å²) in [5.74, 6) is -2.93. The van der Waals surface area contributed by atoms with Crippen LogP contribution in [0.15, 0.2) is 146 Å². The summed E-state index contributed by atoms with van der Waals surface area (Å²) in [7, 11) is 0. The van der Waals surface area contributed by atoms with Crippen LogP contribution in [0.1, 0.15) is 22.3 Å². The van der Waals surface area contributed by atoms with E-state index in [2.05, 4.69) is 0 Å². The van der Waals surface area contributed by atoms with Gasteiger partial charge in [0.25, 0.3) is 0 Å². The molecule has 3 aliphatic rings. The van der Waals surface area contributed by atoms with E-state index in [1.165, 1.54) is 4.90 Å². The average molecular weight is 592 g/mol. The van der Waals surface area contributed by atoms with Crippen LogP contribution < -0.4 is 4.90 Å². The van der Waals surface area contributed by atoms with Crippen molar-refractivity contribution in [2.45, 2.75) is 10.8 Å². The van der Waals surface area contributed by atoms with Gasteiger partial charge in [-0.05, 0) is 45.5 Å². The molecule has 5 aromatic rings. The minimum absolute atomic E-state index is 0.143. The van der Waals surface area contributed by atoms with Gasteiger partial charge < -0.3 is 0 Å². The molecular weight excluding hydrogens is 566 g/mol. The largest absolute Gasteiger partial charge is 0.297 e. The lowest BCUT2D eigenvalue weighted by Gasteiger charge is -2.39. The number of ketones is 1. The van der Waals surface area contributed by atoms with Crippen LogP contribution in [0.5, 0.6) is 0 Å². The number of allylic oxidation sites excluding steroid dienone is 2. The average Bonchev–Trinajstić information content (AvgIpc) is 3.59. The molecular formula is C39H26ClNO3. The monoisotopic (exact) mass is 591 g/mol. The Balaban J connectivity index is 1.57. The maximum absolute atomic E-state index is 15.8. The van der Waals surface area contributed by atoms with Gasteiger partial charge in [-0.25, -0.2) is 4.90 Å². The number of anilines is 1. The third kappa shape index (κ3) is 3.21. The van der Waals surface area contributed by atoms with Gasteiger partial charge in [-0.1, -0.05) is 145 Å². The molecule has 2 amide bonds. The van der Waals surface area contributed by atoms with Gasteiger partial charge in [0, 0.05) is 0 Å². The molecule has 5 heteroatoms. The molecule has 44 heavy (non-hydrogen) atoms. The highest BCUT2D eigenvalue weighted by Gasteiger charge is 2.82. The topological polar surface area (TPSA) is 54.5 Å². The molecule has 2 bridgehead atoms. The minimum Gasteiger partial charge on any atom is -0.297 e. The van der Waals surface area contributed by atoms with Gasteiger partial charge >= 0.3 is 0 Å². The molecule has 0 N–H and O–H groups in total. The zero-order valence-corrected chi connectivity index (χ0v) is 24.3. The number of carbonyl (C=O) groups excluding carboxylic acids is 3. The normalized spacial score (nSPS) is 25.6. The smallest absolute Gasteiger partial charge is 0.239 e. The zero-order chi connectivity index (χ0) is 30.1. The van der Waals surface area contributed by atoms with Gasteiger partial charge in [0.05, 0.1) is 33.4 Å². The molecule has 4 atom stereocenters. The van der Waals surface area contributed by atoms with E-state index in [4.69, 9.17) is 11.6 Å². The summed E-state index contributed by atoms with van der Waals surface area (Å²) in [4.78, 5) is 46.9. The van der Waals surface area contributed by atoms with E-state index in [1.54, 1.807) is 24.3 Å². The van der Waals surface area contributed by atoms with E-state index in [9.17, 15) is 9.59 Å². The Hall–Kier alpha value is -5.06. The lowest BCUT2D eigenvalue weighted by Crippen LogP contribution is -2.45. The number of Topliss-reactive ketones (excluding diaryl/α,β-unsaturated/α-hetero) is 1. The number of hydrogen-bond donors (Lipinski definition) is 0. The molecule has 212 valence electrons. The molecule has 0 radical (unpaired) electrons. The lowest BCUT2D eigenvalue weighted by molar-refractivity contribution is -0.130. The van der Waals surface area contributed by atoms with E-state index in [0.717, 1.165) is 22.3 Å². The standard InChI is InChI=1S/C39H26ClNO3/c40-29-23-13-14-24-30(29)41-35(42)33-34(36(41)43)39(28-21-11-4-12-22-28)32(26-17-7-2-8-18-26)31(25-15-5-1-6-16-25)38(33,37(39)44)27-19-9-3-10-20-27/h1-24,33-34H/t33-,34+,38-,39-/m0/s1. The van der Waals surface area contributed by atoms with Crippen LogP contribution in [-0.2, 0) is 25.2 Å². The molecule has 1 saturated heterocycles. The first kappa shape index (κ1) is 26.6. The number of amides is 2. The van der Waals surface area contributed by atoms with Crippen molar-refractivity contribution in [2.24, 2.45) is 11.8 Å².